The summed E-state index contributed by atoms with van der Waals surface area (Å²) in [5, 5.41) is 8.92. The minimum atomic E-state index is 0.256. The molecule has 4 aromatic carbocycles. The normalized spacial score (nSPS) is 17.0. The average Bonchev–Trinajstić information content (AvgIpc) is 3.51. The predicted octanol–water partition coefficient (Wildman–Crippen LogP) is 7.69. The molecule has 0 saturated carbocycles. The molecule has 40 heavy (non-hydrogen) atoms. The summed E-state index contributed by atoms with van der Waals surface area (Å²) in [6, 6.07) is 26.4. The molecule has 5 heteroatoms. The van der Waals surface area contributed by atoms with Crippen molar-refractivity contribution < 1.29 is 4.74 Å². The topological polar surface area (TPSA) is 27.7 Å². The van der Waals surface area contributed by atoms with E-state index in [0.29, 0.717) is 0 Å². The first kappa shape index (κ1) is 27.6. The first-order chi connectivity index (χ1) is 19.6. The smallest absolute Gasteiger partial charge is 0.133 e. The van der Waals surface area contributed by atoms with Crippen LogP contribution in [0.25, 0.3) is 27.2 Å². The minimum absolute atomic E-state index is 0.256. The molecule has 0 aromatic heterocycles. The van der Waals surface area contributed by atoms with Gasteiger partial charge in [0.1, 0.15) is 11.9 Å². The Labute approximate surface area is 252 Å². The fourth-order valence-corrected chi connectivity index (χ4v) is 6.94. The van der Waals surface area contributed by atoms with Crippen LogP contribution >= 0.6 is 22.6 Å². The summed E-state index contributed by atoms with van der Waals surface area (Å²) >= 11 is 2.41. The third-order valence-electron chi connectivity index (χ3n) is 8.56. The zero-order valence-corrected chi connectivity index (χ0v) is 25.5. The molecule has 0 atom stereocenters. The van der Waals surface area contributed by atoms with E-state index in [1.165, 1.54) is 59.6 Å². The zero-order valence-electron chi connectivity index (χ0n) is 23.4. The molecule has 0 radical (unpaired) electrons. The lowest BCUT2D eigenvalue weighted by molar-refractivity contribution is 0.0966. The molecule has 0 unspecified atom stereocenters. The zero-order chi connectivity index (χ0) is 27.3. The van der Waals surface area contributed by atoms with E-state index in [9.17, 15) is 0 Å². The maximum absolute atomic E-state index is 6.53. The number of nitrogens with one attached hydrogen (secondary N) is 1. The molecular formula is C35H40IN3O. The van der Waals surface area contributed by atoms with Crippen molar-refractivity contribution >= 4 is 49.8 Å². The first-order valence-corrected chi connectivity index (χ1v) is 16.0. The van der Waals surface area contributed by atoms with Crippen LogP contribution in [0.1, 0.15) is 43.2 Å². The number of likely N-dealkylation sites (tertiary alicyclic amines) is 2. The largest absolute Gasteiger partial charge is 0.489 e. The van der Waals surface area contributed by atoms with Crippen molar-refractivity contribution in [2.45, 2.75) is 44.8 Å². The standard InChI is InChI=1S/C35H40IN3O/c1-26(37-17-8-20-38-18-6-7-19-38)27-13-14-35(34(36)24-27)40-30-15-21-39(22-16-30)25-33-31-11-4-2-9-28(31)23-29-10-3-5-12-32(29)33/h2-5,9-14,23-24,30,37H,1,6-8,15-22,25H2. The van der Waals surface area contributed by atoms with Gasteiger partial charge < -0.3 is 15.0 Å². The maximum atomic E-state index is 6.53. The Kier molecular flexibility index (Phi) is 8.90. The highest BCUT2D eigenvalue weighted by Gasteiger charge is 2.23. The van der Waals surface area contributed by atoms with Crippen molar-refractivity contribution in [3.05, 3.63) is 94.1 Å². The third-order valence-corrected chi connectivity index (χ3v) is 9.40. The molecule has 2 heterocycles. The summed E-state index contributed by atoms with van der Waals surface area (Å²) in [6.45, 7) is 12.1. The van der Waals surface area contributed by atoms with Gasteiger partial charge in [-0.3, -0.25) is 4.90 Å². The van der Waals surface area contributed by atoms with Crippen LogP contribution < -0.4 is 10.1 Å². The van der Waals surface area contributed by atoms with Gasteiger partial charge in [0.2, 0.25) is 0 Å². The highest BCUT2D eigenvalue weighted by atomic mass is 127. The molecule has 208 valence electrons. The maximum Gasteiger partial charge on any atom is 0.133 e. The van der Waals surface area contributed by atoms with Crippen molar-refractivity contribution in [2.75, 3.05) is 39.3 Å². The van der Waals surface area contributed by atoms with Crippen LogP contribution in [0.5, 0.6) is 5.75 Å². The molecule has 2 aliphatic rings. The lowest BCUT2D eigenvalue weighted by Crippen LogP contribution is -2.38. The Bertz CT molecular complexity index is 1420. The Morgan fingerprint density at radius 2 is 1.52 bits per heavy atom. The molecule has 0 aliphatic carbocycles. The van der Waals surface area contributed by atoms with Gasteiger partial charge in [0.15, 0.2) is 0 Å². The van der Waals surface area contributed by atoms with E-state index in [2.05, 4.69) is 117 Å². The van der Waals surface area contributed by atoms with Crippen LogP contribution in [0, 0.1) is 3.57 Å². The average molecular weight is 646 g/mol. The molecule has 0 spiro atoms. The van der Waals surface area contributed by atoms with Gasteiger partial charge in [-0.2, -0.15) is 0 Å². The fourth-order valence-electron chi connectivity index (χ4n) is 6.30. The number of hydrogen-bond acceptors (Lipinski definition) is 4. The van der Waals surface area contributed by atoms with Crippen molar-refractivity contribution in [1.82, 2.24) is 15.1 Å². The molecule has 4 nitrogen and oxygen atoms in total. The Morgan fingerprint density at radius 1 is 0.850 bits per heavy atom. The molecule has 0 amide bonds. The predicted molar refractivity (Wildman–Crippen MR) is 177 cm³/mol. The number of nitrogens with zero attached hydrogens (tertiary/aromatic N) is 2. The van der Waals surface area contributed by atoms with E-state index < -0.39 is 0 Å². The molecule has 0 bridgehead atoms. The van der Waals surface area contributed by atoms with E-state index >= 15 is 0 Å². The lowest BCUT2D eigenvalue weighted by Gasteiger charge is -2.33. The Balaban J connectivity index is 1.02. The van der Waals surface area contributed by atoms with Crippen molar-refractivity contribution in [1.29, 1.82) is 0 Å². The summed E-state index contributed by atoms with van der Waals surface area (Å²) in [6.07, 6.45) is 6.22. The van der Waals surface area contributed by atoms with Crippen LogP contribution in [0.2, 0.25) is 0 Å². The number of hydrogen-bond donors (Lipinski definition) is 1. The molecule has 2 saturated heterocycles. The molecule has 6 rings (SSSR count). The van der Waals surface area contributed by atoms with Crippen molar-refractivity contribution in [3.63, 3.8) is 0 Å². The van der Waals surface area contributed by atoms with Crippen LogP contribution in [-0.4, -0.2) is 55.2 Å². The van der Waals surface area contributed by atoms with Gasteiger partial charge in [-0.05, 0) is 131 Å². The second-order valence-electron chi connectivity index (χ2n) is 11.3. The number of benzene rings is 4. The molecule has 4 aromatic rings. The summed E-state index contributed by atoms with van der Waals surface area (Å²) in [5.74, 6) is 0.990. The van der Waals surface area contributed by atoms with E-state index in [0.717, 1.165) is 66.0 Å². The van der Waals surface area contributed by atoms with Crippen LogP contribution in [0.4, 0.5) is 0 Å². The number of halogens is 1. The van der Waals surface area contributed by atoms with Gasteiger partial charge >= 0.3 is 0 Å². The Hall–Kier alpha value is -2.61. The highest BCUT2D eigenvalue weighted by molar-refractivity contribution is 14.1. The second kappa shape index (κ2) is 12.9. The van der Waals surface area contributed by atoms with Gasteiger partial charge in [-0.1, -0.05) is 55.1 Å². The van der Waals surface area contributed by atoms with E-state index in [-0.39, 0.29) is 6.10 Å². The van der Waals surface area contributed by atoms with Crippen molar-refractivity contribution in [2.24, 2.45) is 0 Å². The van der Waals surface area contributed by atoms with Gasteiger partial charge in [0, 0.05) is 31.9 Å². The fraction of sp³-hybridized carbons (Fsp3) is 0.371. The molecular weight excluding hydrogens is 605 g/mol. The monoisotopic (exact) mass is 645 g/mol. The SMILES string of the molecule is C=C(NCCCN1CCCC1)c1ccc(OC2CCN(Cc3c4ccccc4cc4ccccc34)CC2)c(I)c1. The van der Waals surface area contributed by atoms with Crippen LogP contribution in [0.3, 0.4) is 0 Å². The quantitative estimate of drug-likeness (QED) is 0.109. The third kappa shape index (κ3) is 6.48. The van der Waals surface area contributed by atoms with Gasteiger partial charge in [-0.15, -0.1) is 0 Å². The summed E-state index contributed by atoms with van der Waals surface area (Å²) < 4.78 is 7.68. The van der Waals surface area contributed by atoms with Crippen molar-refractivity contribution in [3.8, 4) is 5.75 Å². The Morgan fingerprint density at radius 3 is 2.20 bits per heavy atom. The molecule has 2 aliphatic heterocycles. The second-order valence-corrected chi connectivity index (χ2v) is 12.5. The van der Waals surface area contributed by atoms with E-state index in [1.807, 2.05) is 0 Å². The van der Waals surface area contributed by atoms with Gasteiger partial charge in [-0.25, -0.2) is 0 Å². The van der Waals surface area contributed by atoms with Gasteiger partial charge in [0.05, 0.1) is 3.57 Å². The molecule has 2 fully saturated rings. The number of rotatable bonds is 10. The number of fused-ring (bicyclic) bond motifs is 2. The highest BCUT2D eigenvalue weighted by Crippen LogP contribution is 2.31. The summed E-state index contributed by atoms with van der Waals surface area (Å²) in [4.78, 5) is 5.16. The van der Waals surface area contributed by atoms with E-state index in [1.54, 1.807) is 0 Å². The van der Waals surface area contributed by atoms with Crippen LogP contribution in [0.15, 0.2) is 79.4 Å². The van der Waals surface area contributed by atoms with Gasteiger partial charge in [0.25, 0.3) is 0 Å². The minimum Gasteiger partial charge on any atom is -0.489 e. The van der Waals surface area contributed by atoms with Crippen LogP contribution in [-0.2, 0) is 6.54 Å². The summed E-state index contributed by atoms with van der Waals surface area (Å²) in [7, 11) is 0. The molecule has 1 N–H and O–H groups in total. The lowest BCUT2D eigenvalue weighted by atomic mass is 9.95. The first-order valence-electron chi connectivity index (χ1n) is 14.9. The number of ether oxygens (including phenoxy) is 1. The number of piperidine rings is 1. The van der Waals surface area contributed by atoms with E-state index in [4.69, 9.17) is 4.74 Å². The summed E-state index contributed by atoms with van der Waals surface area (Å²) in [5.41, 5.74) is 3.60.